The summed E-state index contributed by atoms with van der Waals surface area (Å²) in [5, 5.41) is 0. The molecule has 0 radical (unpaired) electrons. The number of nitrogens with zero attached hydrogens (tertiary/aromatic N) is 1. The van der Waals surface area contributed by atoms with Crippen molar-refractivity contribution in [2.24, 2.45) is 0 Å². The molecule has 2 unspecified atom stereocenters. The summed E-state index contributed by atoms with van der Waals surface area (Å²) in [4.78, 5) is 14.0. The molecule has 0 bridgehead atoms. The van der Waals surface area contributed by atoms with Crippen LogP contribution in [-0.2, 0) is 9.47 Å². The standard InChI is InChI=1S/C20H29NO4/c1-19(2,3)25-18(22)21-11-10-20(4,14-21)24-13-15-9-12-23-17-8-6-5-7-16(15)17/h5-8,15H,9-14H2,1-4H3. The van der Waals surface area contributed by atoms with Gasteiger partial charge in [0.1, 0.15) is 11.4 Å². The van der Waals surface area contributed by atoms with E-state index in [0.717, 1.165) is 25.2 Å². The van der Waals surface area contributed by atoms with Gasteiger partial charge in [0.25, 0.3) is 0 Å². The van der Waals surface area contributed by atoms with Crippen LogP contribution >= 0.6 is 0 Å². The highest BCUT2D eigenvalue weighted by Crippen LogP contribution is 2.35. The summed E-state index contributed by atoms with van der Waals surface area (Å²) in [5.41, 5.74) is 0.437. The number of benzene rings is 1. The summed E-state index contributed by atoms with van der Waals surface area (Å²) in [6.07, 6.45) is 1.54. The zero-order chi connectivity index (χ0) is 18.1. The van der Waals surface area contributed by atoms with Gasteiger partial charge in [-0.25, -0.2) is 4.79 Å². The second kappa shape index (κ2) is 6.87. The lowest BCUT2D eigenvalue weighted by Crippen LogP contribution is -2.39. The summed E-state index contributed by atoms with van der Waals surface area (Å²) in [5.74, 6) is 1.31. The van der Waals surface area contributed by atoms with E-state index >= 15 is 0 Å². The van der Waals surface area contributed by atoms with Crippen molar-refractivity contribution in [2.75, 3.05) is 26.3 Å². The van der Waals surface area contributed by atoms with Gasteiger partial charge in [0.15, 0.2) is 0 Å². The molecule has 138 valence electrons. The molecule has 5 heteroatoms. The van der Waals surface area contributed by atoms with Crippen molar-refractivity contribution in [1.29, 1.82) is 0 Å². The van der Waals surface area contributed by atoms with Crippen LogP contribution in [0.5, 0.6) is 5.75 Å². The van der Waals surface area contributed by atoms with Crippen molar-refractivity contribution < 1.29 is 19.0 Å². The van der Waals surface area contributed by atoms with Crippen LogP contribution in [0.4, 0.5) is 4.79 Å². The average Bonchev–Trinajstić information content (AvgIpc) is 2.94. The van der Waals surface area contributed by atoms with Gasteiger partial charge in [-0.05, 0) is 52.2 Å². The Labute approximate surface area is 150 Å². The monoisotopic (exact) mass is 347 g/mol. The van der Waals surface area contributed by atoms with Crippen LogP contribution in [0, 0.1) is 0 Å². The van der Waals surface area contributed by atoms with Crippen LogP contribution in [0.1, 0.15) is 52.0 Å². The summed E-state index contributed by atoms with van der Waals surface area (Å²) >= 11 is 0. The van der Waals surface area contributed by atoms with Gasteiger partial charge < -0.3 is 19.1 Å². The number of hydrogen-bond acceptors (Lipinski definition) is 4. The first kappa shape index (κ1) is 18.1. The number of carbonyl (C=O) groups is 1. The molecule has 2 atom stereocenters. The zero-order valence-corrected chi connectivity index (χ0v) is 15.7. The Morgan fingerprint density at radius 2 is 2.12 bits per heavy atom. The molecule has 1 aromatic rings. The van der Waals surface area contributed by atoms with Crippen LogP contribution in [0.3, 0.4) is 0 Å². The third-order valence-electron chi connectivity index (χ3n) is 4.80. The molecule has 2 heterocycles. The van der Waals surface area contributed by atoms with E-state index in [4.69, 9.17) is 14.2 Å². The molecule has 1 fully saturated rings. The molecule has 25 heavy (non-hydrogen) atoms. The third-order valence-corrected chi connectivity index (χ3v) is 4.80. The van der Waals surface area contributed by atoms with Gasteiger partial charge in [-0.15, -0.1) is 0 Å². The lowest BCUT2D eigenvalue weighted by Gasteiger charge is -2.31. The van der Waals surface area contributed by atoms with Gasteiger partial charge in [-0.2, -0.15) is 0 Å². The highest BCUT2D eigenvalue weighted by molar-refractivity contribution is 5.68. The second-order valence-electron chi connectivity index (χ2n) is 8.28. The fraction of sp³-hybridized carbons (Fsp3) is 0.650. The molecule has 1 amide bonds. The topological polar surface area (TPSA) is 48.0 Å². The van der Waals surface area contributed by atoms with Gasteiger partial charge in [0, 0.05) is 12.5 Å². The summed E-state index contributed by atoms with van der Waals surface area (Å²) in [6, 6.07) is 8.18. The number of fused-ring (bicyclic) bond motifs is 1. The molecule has 0 aromatic heterocycles. The molecule has 5 nitrogen and oxygen atoms in total. The van der Waals surface area contributed by atoms with Gasteiger partial charge in [0.05, 0.1) is 25.4 Å². The summed E-state index contributed by atoms with van der Waals surface area (Å²) in [7, 11) is 0. The predicted molar refractivity (Wildman–Crippen MR) is 96.1 cm³/mol. The Morgan fingerprint density at radius 1 is 1.36 bits per heavy atom. The van der Waals surface area contributed by atoms with E-state index in [1.807, 2.05) is 39.0 Å². The third kappa shape index (κ3) is 4.46. The molecule has 0 saturated carbocycles. The van der Waals surface area contributed by atoms with Crippen molar-refractivity contribution >= 4 is 6.09 Å². The second-order valence-corrected chi connectivity index (χ2v) is 8.28. The quantitative estimate of drug-likeness (QED) is 0.830. The first-order valence-corrected chi connectivity index (χ1v) is 9.09. The highest BCUT2D eigenvalue weighted by Gasteiger charge is 2.39. The van der Waals surface area contributed by atoms with Crippen molar-refractivity contribution in [3.63, 3.8) is 0 Å². The minimum atomic E-state index is -0.470. The first-order chi connectivity index (χ1) is 11.8. The number of carbonyl (C=O) groups excluding carboxylic acids is 1. The lowest BCUT2D eigenvalue weighted by molar-refractivity contribution is -0.0365. The van der Waals surface area contributed by atoms with E-state index in [2.05, 4.69) is 13.0 Å². The molecule has 1 aromatic carbocycles. The number of rotatable bonds is 3. The van der Waals surface area contributed by atoms with Crippen LogP contribution < -0.4 is 4.74 Å². The molecular formula is C20H29NO4. The fourth-order valence-electron chi connectivity index (χ4n) is 3.42. The van der Waals surface area contributed by atoms with Gasteiger partial charge >= 0.3 is 6.09 Å². The molecular weight excluding hydrogens is 318 g/mol. The molecule has 0 aliphatic carbocycles. The maximum atomic E-state index is 12.2. The number of ether oxygens (including phenoxy) is 3. The van der Waals surface area contributed by atoms with E-state index in [1.165, 1.54) is 5.56 Å². The number of amides is 1. The summed E-state index contributed by atoms with van der Waals surface area (Å²) < 4.78 is 17.5. The van der Waals surface area contributed by atoms with Gasteiger partial charge in [0.2, 0.25) is 0 Å². The maximum absolute atomic E-state index is 12.2. The first-order valence-electron chi connectivity index (χ1n) is 9.09. The predicted octanol–water partition coefficient (Wildman–Crippen LogP) is 3.97. The molecule has 3 rings (SSSR count). The van der Waals surface area contributed by atoms with Crippen LogP contribution in [0.15, 0.2) is 24.3 Å². The van der Waals surface area contributed by atoms with Crippen LogP contribution in [0.25, 0.3) is 0 Å². The number of likely N-dealkylation sites (tertiary alicyclic amines) is 1. The average molecular weight is 347 g/mol. The Morgan fingerprint density at radius 3 is 2.88 bits per heavy atom. The van der Waals surface area contributed by atoms with E-state index < -0.39 is 5.60 Å². The van der Waals surface area contributed by atoms with E-state index in [0.29, 0.717) is 25.6 Å². The van der Waals surface area contributed by atoms with Crippen molar-refractivity contribution in [2.45, 2.75) is 57.7 Å². The number of hydrogen-bond donors (Lipinski definition) is 0. The number of para-hydroxylation sites is 1. The van der Waals surface area contributed by atoms with Gasteiger partial charge in [-0.3, -0.25) is 0 Å². The smallest absolute Gasteiger partial charge is 0.410 e. The van der Waals surface area contributed by atoms with Crippen LogP contribution in [-0.4, -0.2) is 48.5 Å². The molecule has 1 saturated heterocycles. The van der Waals surface area contributed by atoms with E-state index in [9.17, 15) is 4.79 Å². The lowest BCUT2D eigenvalue weighted by atomic mass is 9.93. The zero-order valence-electron chi connectivity index (χ0n) is 15.7. The van der Waals surface area contributed by atoms with Gasteiger partial charge in [-0.1, -0.05) is 18.2 Å². The van der Waals surface area contributed by atoms with E-state index in [-0.39, 0.29) is 11.7 Å². The normalized spacial score (nSPS) is 26.1. The Kier molecular flexibility index (Phi) is 4.96. The molecule has 2 aliphatic rings. The van der Waals surface area contributed by atoms with Crippen molar-refractivity contribution in [3.05, 3.63) is 29.8 Å². The highest BCUT2D eigenvalue weighted by atomic mass is 16.6. The Bertz CT molecular complexity index is 624. The molecule has 2 aliphatic heterocycles. The Balaban J connectivity index is 1.57. The largest absolute Gasteiger partial charge is 0.493 e. The fourth-order valence-corrected chi connectivity index (χ4v) is 3.42. The minimum absolute atomic E-state index is 0.253. The maximum Gasteiger partial charge on any atom is 0.410 e. The van der Waals surface area contributed by atoms with Crippen LogP contribution in [0.2, 0.25) is 0 Å². The van der Waals surface area contributed by atoms with E-state index in [1.54, 1.807) is 4.90 Å². The van der Waals surface area contributed by atoms with Crippen molar-refractivity contribution in [1.82, 2.24) is 4.90 Å². The Hall–Kier alpha value is -1.75. The molecule has 0 N–H and O–H groups in total. The molecule has 0 spiro atoms. The SMILES string of the molecule is CC(C)(C)OC(=O)N1CCC(C)(OCC2CCOc3ccccc32)C1. The van der Waals surface area contributed by atoms with Crippen molar-refractivity contribution in [3.8, 4) is 5.75 Å². The summed E-state index contributed by atoms with van der Waals surface area (Å²) in [6.45, 7) is 10.4. The minimum Gasteiger partial charge on any atom is -0.493 e.